The number of halogens is 1. The Morgan fingerprint density at radius 1 is 1.41 bits per heavy atom. The van der Waals surface area contributed by atoms with Crippen molar-refractivity contribution in [2.45, 2.75) is 31.8 Å². The summed E-state index contributed by atoms with van der Waals surface area (Å²) in [6.07, 6.45) is 3.20. The number of anilines is 2. The van der Waals surface area contributed by atoms with Crippen LogP contribution in [0.4, 0.5) is 11.8 Å². The maximum Gasteiger partial charge on any atom is 0.263 e. The van der Waals surface area contributed by atoms with Crippen LogP contribution < -0.4 is 16.6 Å². The third kappa shape index (κ3) is 3.06. The predicted molar refractivity (Wildman–Crippen MR) is 102 cm³/mol. The van der Waals surface area contributed by atoms with E-state index in [9.17, 15) is 10.1 Å². The van der Waals surface area contributed by atoms with Crippen molar-refractivity contribution in [1.82, 2.24) is 19.5 Å². The SMILES string of the molecule is C[C@H](Nc1nc(N)ncc1C#N)c1nc2cccc(Cl)c2c(=O)n1C1CC1. The summed E-state index contributed by atoms with van der Waals surface area (Å²) in [5.41, 5.74) is 6.29. The first-order chi connectivity index (χ1) is 13.0. The average molecular weight is 382 g/mol. The summed E-state index contributed by atoms with van der Waals surface area (Å²) >= 11 is 6.24. The van der Waals surface area contributed by atoms with Crippen molar-refractivity contribution < 1.29 is 0 Å². The molecule has 1 aliphatic carbocycles. The van der Waals surface area contributed by atoms with Gasteiger partial charge >= 0.3 is 0 Å². The molecule has 4 rings (SSSR count). The fraction of sp³-hybridized carbons (Fsp3) is 0.278. The molecule has 8 nitrogen and oxygen atoms in total. The standard InChI is InChI=1S/C18H16ClN7O/c1-9(23-15-10(7-20)8-22-18(21)25-15)16-24-13-4-2-3-12(19)14(13)17(27)26(16)11-5-6-11/h2-4,8-9,11H,5-6H2,1H3,(H3,21,22,23,25)/t9-/m0/s1. The van der Waals surface area contributed by atoms with Gasteiger partial charge in [-0.1, -0.05) is 17.7 Å². The monoisotopic (exact) mass is 381 g/mol. The second-order valence-electron chi connectivity index (χ2n) is 6.48. The third-order valence-electron chi connectivity index (χ3n) is 4.49. The fourth-order valence-corrected chi connectivity index (χ4v) is 3.32. The molecule has 2 heterocycles. The molecule has 3 aromatic rings. The third-order valence-corrected chi connectivity index (χ3v) is 4.80. The van der Waals surface area contributed by atoms with Crippen molar-refractivity contribution in [3.8, 4) is 6.07 Å². The molecular formula is C18H16ClN7O. The number of hydrogen-bond acceptors (Lipinski definition) is 7. The van der Waals surface area contributed by atoms with Crippen LogP contribution in [-0.2, 0) is 0 Å². The summed E-state index contributed by atoms with van der Waals surface area (Å²) in [6, 6.07) is 6.97. The van der Waals surface area contributed by atoms with E-state index >= 15 is 0 Å². The Bertz CT molecular complexity index is 1150. The van der Waals surface area contributed by atoms with E-state index < -0.39 is 0 Å². The van der Waals surface area contributed by atoms with Gasteiger partial charge in [-0.15, -0.1) is 0 Å². The highest BCUT2D eigenvalue weighted by atomic mass is 35.5. The summed E-state index contributed by atoms with van der Waals surface area (Å²) in [7, 11) is 0. The number of nitriles is 1. The number of aromatic nitrogens is 4. The Morgan fingerprint density at radius 2 is 2.19 bits per heavy atom. The first-order valence-electron chi connectivity index (χ1n) is 8.49. The lowest BCUT2D eigenvalue weighted by Gasteiger charge is -2.20. The molecule has 1 aromatic carbocycles. The largest absolute Gasteiger partial charge is 0.368 e. The van der Waals surface area contributed by atoms with E-state index in [4.69, 9.17) is 22.3 Å². The zero-order valence-electron chi connectivity index (χ0n) is 14.5. The van der Waals surface area contributed by atoms with E-state index in [1.165, 1.54) is 6.20 Å². The van der Waals surface area contributed by atoms with E-state index in [1.807, 2.05) is 13.0 Å². The van der Waals surface area contributed by atoms with Gasteiger partial charge in [0.25, 0.3) is 5.56 Å². The zero-order valence-corrected chi connectivity index (χ0v) is 15.2. The number of fused-ring (bicyclic) bond motifs is 1. The first-order valence-corrected chi connectivity index (χ1v) is 8.87. The van der Waals surface area contributed by atoms with Crippen molar-refractivity contribution >= 4 is 34.3 Å². The second-order valence-corrected chi connectivity index (χ2v) is 6.89. The average Bonchev–Trinajstić information content (AvgIpc) is 3.46. The minimum absolute atomic E-state index is 0.0570. The minimum Gasteiger partial charge on any atom is -0.368 e. The summed E-state index contributed by atoms with van der Waals surface area (Å²) in [4.78, 5) is 25.7. The van der Waals surface area contributed by atoms with Crippen LogP contribution in [0.1, 0.15) is 43.2 Å². The Balaban J connectivity index is 1.84. The van der Waals surface area contributed by atoms with E-state index in [0.717, 1.165) is 12.8 Å². The van der Waals surface area contributed by atoms with E-state index in [0.29, 0.717) is 27.6 Å². The molecule has 0 amide bonds. The molecule has 0 radical (unpaired) electrons. The van der Waals surface area contributed by atoms with Crippen LogP contribution in [0.25, 0.3) is 10.9 Å². The molecule has 1 aliphatic rings. The Labute approximate surface area is 159 Å². The molecule has 0 spiro atoms. The number of benzene rings is 1. The smallest absolute Gasteiger partial charge is 0.263 e. The van der Waals surface area contributed by atoms with Crippen LogP contribution in [0.3, 0.4) is 0 Å². The van der Waals surface area contributed by atoms with Crippen LogP contribution in [0.15, 0.2) is 29.2 Å². The van der Waals surface area contributed by atoms with Gasteiger partial charge in [-0.05, 0) is 31.9 Å². The number of nitrogens with zero attached hydrogens (tertiary/aromatic N) is 5. The van der Waals surface area contributed by atoms with Crippen molar-refractivity contribution in [2.75, 3.05) is 11.1 Å². The lowest BCUT2D eigenvalue weighted by Crippen LogP contribution is -2.28. The second kappa shape index (κ2) is 6.52. The maximum atomic E-state index is 13.1. The Hall–Kier alpha value is -3.18. The number of hydrogen-bond donors (Lipinski definition) is 2. The van der Waals surface area contributed by atoms with Gasteiger partial charge in [0.2, 0.25) is 5.95 Å². The topological polar surface area (TPSA) is 123 Å². The Morgan fingerprint density at radius 3 is 2.89 bits per heavy atom. The fourth-order valence-electron chi connectivity index (χ4n) is 3.07. The lowest BCUT2D eigenvalue weighted by atomic mass is 10.2. The van der Waals surface area contributed by atoms with Gasteiger partial charge in [-0.25, -0.2) is 9.97 Å². The van der Waals surface area contributed by atoms with Gasteiger partial charge in [0, 0.05) is 6.04 Å². The van der Waals surface area contributed by atoms with Crippen molar-refractivity contribution in [1.29, 1.82) is 5.26 Å². The van der Waals surface area contributed by atoms with Crippen LogP contribution in [-0.4, -0.2) is 19.5 Å². The van der Waals surface area contributed by atoms with Crippen molar-refractivity contribution in [2.24, 2.45) is 0 Å². The summed E-state index contributed by atoms with van der Waals surface area (Å²) in [6.45, 7) is 1.86. The zero-order chi connectivity index (χ0) is 19.1. The molecule has 0 unspecified atom stereocenters. The molecule has 1 saturated carbocycles. The molecule has 3 N–H and O–H groups in total. The normalized spacial score (nSPS) is 14.7. The van der Waals surface area contributed by atoms with Crippen LogP contribution in [0.2, 0.25) is 5.02 Å². The molecule has 1 fully saturated rings. The van der Waals surface area contributed by atoms with E-state index in [-0.39, 0.29) is 29.2 Å². The summed E-state index contributed by atoms with van der Waals surface area (Å²) in [5, 5.41) is 13.2. The van der Waals surface area contributed by atoms with Crippen LogP contribution in [0, 0.1) is 11.3 Å². The van der Waals surface area contributed by atoms with Gasteiger partial charge < -0.3 is 11.1 Å². The van der Waals surface area contributed by atoms with Gasteiger partial charge in [0.15, 0.2) is 0 Å². The number of nitrogen functional groups attached to an aromatic ring is 1. The molecule has 136 valence electrons. The molecule has 0 aliphatic heterocycles. The van der Waals surface area contributed by atoms with E-state index in [1.54, 1.807) is 22.8 Å². The van der Waals surface area contributed by atoms with Crippen LogP contribution >= 0.6 is 11.6 Å². The molecular weight excluding hydrogens is 366 g/mol. The highest BCUT2D eigenvalue weighted by Crippen LogP contribution is 2.36. The molecule has 2 aromatic heterocycles. The van der Waals surface area contributed by atoms with Gasteiger partial charge in [-0.3, -0.25) is 9.36 Å². The van der Waals surface area contributed by atoms with E-state index in [2.05, 4.69) is 15.3 Å². The lowest BCUT2D eigenvalue weighted by molar-refractivity contribution is 0.609. The highest BCUT2D eigenvalue weighted by molar-refractivity contribution is 6.35. The van der Waals surface area contributed by atoms with Crippen molar-refractivity contribution in [3.63, 3.8) is 0 Å². The van der Waals surface area contributed by atoms with Crippen molar-refractivity contribution in [3.05, 3.63) is 51.2 Å². The quantitative estimate of drug-likeness (QED) is 0.712. The number of nitrogens with two attached hydrogens (primary N) is 1. The Kier molecular flexibility index (Phi) is 4.16. The summed E-state index contributed by atoms with van der Waals surface area (Å²) < 4.78 is 1.70. The van der Waals surface area contributed by atoms with Gasteiger partial charge in [-0.2, -0.15) is 10.2 Å². The minimum atomic E-state index is -0.386. The predicted octanol–water partition coefficient (Wildman–Crippen LogP) is 2.80. The number of nitrogens with one attached hydrogen (secondary N) is 1. The first kappa shape index (κ1) is 17.2. The molecule has 27 heavy (non-hydrogen) atoms. The molecule has 9 heteroatoms. The van der Waals surface area contributed by atoms with Crippen LogP contribution in [0.5, 0.6) is 0 Å². The molecule has 1 atom stereocenters. The number of rotatable bonds is 4. The molecule has 0 bridgehead atoms. The highest BCUT2D eigenvalue weighted by Gasteiger charge is 2.30. The van der Waals surface area contributed by atoms with Gasteiger partial charge in [0.1, 0.15) is 23.3 Å². The summed E-state index contributed by atoms with van der Waals surface area (Å²) in [5.74, 6) is 0.931. The van der Waals surface area contributed by atoms with Gasteiger partial charge in [0.05, 0.1) is 28.2 Å². The molecule has 0 saturated heterocycles. The maximum absolute atomic E-state index is 13.1.